The first-order valence-corrected chi connectivity index (χ1v) is 7.88. The minimum absolute atomic E-state index is 0.0149. The molecule has 0 radical (unpaired) electrons. The van der Waals surface area contributed by atoms with E-state index in [0.29, 0.717) is 11.6 Å². The van der Waals surface area contributed by atoms with Crippen LogP contribution in [0.25, 0.3) is 0 Å². The average molecular weight is 290 g/mol. The van der Waals surface area contributed by atoms with Gasteiger partial charge in [0.1, 0.15) is 5.75 Å². The molecule has 1 saturated heterocycles. The van der Waals surface area contributed by atoms with Gasteiger partial charge in [0.2, 0.25) is 0 Å². The summed E-state index contributed by atoms with van der Waals surface area (Å²) in [5.41, 5.74) is 0.698. The second-order valence-corrected chi connectivity index (χ2v) is 5.87. The largest absolute Gasteiger partial charge is 0.491 e. The Morgan fingerprint density at radius 1 is 1.29 bits per heavy atom. The quantitative estimate of drug-likeness (QED) is 0.906. The Labute approximate surface area is 127 Å². The predicted molar refractivity (Wildman–Crippen MR) is 84.8 cm³/mol. The van der Waals surface area contributed by atoms with Crippen LogP contribution in [0, 0.1) is 0 Å². The number of ether oxygens (including phenoxy) is 1. The third kappa shape index (κ3) is 4.74. The predicted octanol–water partition coefficient (Wildman–Crippen LogP) is 2.69. The molecule has 1 aliphatic heterocycles. The first-order chi connectivity index (χ1) is 10.1. The first-order valence-electron chi connectivity index (χ1n) is 7.88. The van der Waals surface area contributed by atoms with Crippen LogP contribution in [0.15, 0.2) is 24.3 Å². The zero-order valence-corrected chi connectivity index (χ0v) is 13.3. The minimum atomic E-state index is 0.0149. The second-order valence-electron chi connectivity index (χ2n) is 5.87. The maximum Gasteiger partial charge on any atom is 0.251 e. The molecular formula is C17H26N2O2. The van der Waals surface area contributed by atoms with Gasteiger partial charge in [0.05, 0.1) is 6.10 Å². The Bertz CT molecular complexity index is 448. The Hall–Kier alpha value is -1.55. The molecule has 1 fully saturated rings. The van der Waals surface area contributed by atoms with Crippen LogP contribution in [0.5, 0.6) is 5.75 Å². The fourth-order valence-corrected chi connectivity index (χ4v) is 2.62. The molecule has 0 spiro atoms. The molecule has 116 valence electrons. The molecule has 0 atom stereocenters. The summed E-state index contributed by atoms with van der Waals surface area (Å²) in [6, 6.07) is 7.66. The number of nitrogens with one attached hydrogen (secondary N) is 1. The van der Waals surface area contributed by atoms with Crippen molar-refractivity contribution in [2.45, 2.75) is 45.8 Å². The molecule has 1 aliphatic rings. The molecule has 4 nitrogen and oxygen atoms in total. The molecule has 4 heteroatoms. The Morgan fingerprint density at radius 3 is 2.43 bits per heavy atom. The van der Waals surface area contributed by atoms with Crippen LogP contribution in [0.4, 0.5) is 0 Å². The molecule has 0 aromatic heterocycles. The molecular weight excluding hydrogens is 264 g/mol. The number of rotatable bonds is 5. The van der Waals surface area contributed by atoms with E-state index in [9.17, 15) is 4.79 Å². The van der Waals surface area contributed by atoms with Crippen LogP contribution in [0.1, 0.15) is 44.0 Å². The number of piperidine rings is 1. The number of nitrogens with zero attached hydrogens (tertiary/aromatic N) is 1. The van der Waals surface area contributed by atoms with Crippen LogP contribution in [0.2, 0.25) is 0 Å². The zero-order chi connectivity index (χ0) is 15.2. The van der Waals surface area contributed by atoms with Crippen molar-refractivity contribution in [3.63, 3.8) is 0 Å². The summed E-state index contributed by atoms with van der Waals surface area (Å²) < 4.78 is 5.59. The van der Waals surface area contributed by atoms with Crippen molar-refractivity contribution in [1.82, 2.24) is 10.2 Å². The van der Waals surface area contributed by atoms with Crippen molar-refractivity contribution in [2.75, 3.05) is 19.6 Å². The van der Waals surface area contributed by atoms with Gasteiger partial charge < -0.3 is 15.0 Å². The van der Waals surface area contributed by atoms with E-state index in [4.69, 9.17) is 4.74 Å². The van der Waals surface area contributed by atoms with Crippen molar-refractivity contribution in [2.24, 2.45) is 0 Å². The number of hydrogen-bond acceptors (Lipinski definition) is 3. The number of hydrogen-bond donors (Lipinski definition) is 1. The van der Waals surface area contributed by atoms with E-state index in [2.05, 4.69) is 17.1 Å². The van der Waals surface area contributed by atoms with Crippen molar-refractivity contribution in [1.29, 1.82) is 0 Å². The van der Waals surface area contributed by atoms with Gasteiger partial charge in [-0.2, -0.15) is 0 Å². The van der Waals surface area contributed by atoms with Crippen molar-refractivity contribution < 1.29 is 9.53 Å². The molecule has 0 aliphatic carbocycles. The highest BCUT2D eigenvalue weighted by Crippen LogP contribution is 2.15. The number of benzene rings is 1. The maximum atomic E-state index is 12.2. The van der Waals surface area contributed by atoms with Crippen LogP contribution >= 0.6 is 0 Å². The van der Waals surface area contributed by atoms with Crippen LogP contribution in [-0.4, -0.2) is 42.6 Å². The molecule has 1 heterocycles. The highest BCUT2D eigenvalue weighted by Gasteiger charge is 2.20. The molecule has 1 amide bonds. The van der Waals surface area contributed by atoms with Gasteiger partial charge in [0.25, 0.3) is 5.91 Å². The summed E-state index contributed by atoms with van der Waals surface area (Å²) in [5, 5.41) is 3.13. The van der Waals surface area contributed by atoms with Gasteiger partial charge in [-0.1, -0.05) is 6.92 Å². The fourth-order valence-electron chi connectivity index (χ4n) is 2.62. The van der Waals surface area contributed by atoms with Gasteiger partial charge in [-0.25, -0.2) is 0 Å². The van der Waals surface area contributed by atoms with E-state index < -0.39 is 0 Å². The van der Waals surface area contributed by atoms with Gasteiger partial charge in [0.15, 0.2) is 0 Å². The van der Waals surface area contributed by atoms with E-state index in [1.807, 2.05) is 38.1 Å². The highest BCUT2D eigenvalue weighted by molar-refractivity contribution is 5.94. The molecule has 0 saturated carbocycles. The number of carbonyl (C=O) groups excluding carboxylic acids is 1. The lowest BCUT2D eigenvalue weighted by Gasteiger charge is -2.31. The van der Waals surface area contributed by atoms with Gasteiger partial charge >= 0.3 is 0 Å². The molecule has 21 heavy (non-hydrogen) atoms. The maximum absolute atomic E-state index is 12.2. The minimum Gasteiger partial charge on any atom is -0.491 e. The Balaban J connectivity index is 1.86. The monoisotopic (exact) mass is 290 g/mol. The normalized spacial score (nSPS) is 17.0. The van der Waals surface area contributed by atoms with Gasteiger partial charge in [0, 0.05) is 24.7 Å². The molecule has 0 unspecified atom stereocenters. The summed E-state index contributed by atoms with van der Waals surface area (Å²) in [4.78, 5) is 14.6. The Kier molecular flexibility index (Phi) is 5.62. The standard InChI is InChI=1S/C17H26N2O2/c1-4-19-11-9-15(10-12-19)18-17(20)14-5-7-16(8-6-14)21-13(2)3/h5-8,13,15H,4,9-12H2,1-3H3,(H,18,20). The zero-order valence-electron chi connectivity index (χ0n) is 13.3. The third-order valence-corrected chi connectivity index (χ3v) is 3.86. The molecule has 1 aromatic carbocycles. The van der Waals surface area contributed by atoms with Crippen LogP contribution in [0.3, 0.4) is 0 Å². The lowest BCUT2D eigenvalue weighted by atomic mass is 10.0. The molecule has 1 N–H and O–H groups in total. The van der Waals surface area contributed by atoms with Crippen molar-refractivity contribution in [3.05, 3.63) is 29.8 Å². The summed E-state index contributed by atoms with van der Waals surface area (Å²) in [5.74, 6) is 0.818. The summed E-state index contributed by atoms with van der Waals surface area (Å²) in [7, 11) is 0. The topological polar surface area (TPSA) is 41.6 Å². The third-order valence-electron chi connectivity index (χ3n) is 3.86. The van der Waals surface area contributed by atoms with Crippen LogP contribution in [-0.2, 0) is 0 Å². The lowest BCUT2D eigenvalue weighted by Crippen LogP contribution is -2.44. The Morgan fingerprint density at radius 2 is 1.90 bits per heavy atom. The van der Waals surface area contributed by atoms with Crippen molar-refractivity contribution >= 4 is 5.91 Å². The van der Waals surface area contributed by atoms with Gasteiger partial charge in [-0.05, 0) is 57.5 Å². The lowest BCUT2D eigenvalue weighted by molar-refractivity contribution is 0.0912. The fraction of sp³-hybridized carbons (Fsp3) is 0.588. The summed E-state index contributed by atoms with van der Waals surface area (Å²) in [6.45, 7) is 9.40. The molecule has 2 rings (SSSR count). The van der Waals surface area contributed by atoms with E-state index >= 15 is 0 Å². The van der Waals surface area contributed by atoms with E-state index in [0.717, 1.165) is 38.2 Å². The summed E-state index contributed by atoms with van der Waals surface area (Å²) >= 11 is 0. The SMILES string of the molecule is CCN1CCC(NC(=O)c2ccc(OC(C)C)cc2)CC1. The average Bonchev–Trinajstić information content (AvgIpc) is 2.48. The second kappa shape index (κ2) is 7.46. The number of carbonyl (C=O) groups is 1. The van der Waals surface area contributed by atoms with Crippen molar-refractivity contribution in [3.8, 4) is 5.75 Å². The number of likely N-dealkylation sites (tertiary alicyclic amines) is 1. The van der Waals surface area contributed by atoms with Gasteiger partial charge in [-0.15, -0.1) is 0 Å². The molecule has 0 bridgehead atoms. The highest BCUT2D eigenvalue weighted by atomic mass is 16.5. The first kappa shape index (κ1) is 15.8. The summed E-state index contributed by atoms with van der Waals surface area (Å²) in [6.07, 6.45) is 2.22. The van der Waals surface area contributed by atoms with E-state index in [1.54, 1.807) is 0 Å². The number of amides is 1. The van der Waals surface area contributed by atoms with Crippen LogP contribution < -0.4 is 10.1 Å². The van der Waals surface area contributed by atoms with E-state index in [1.165, 1.54) is 0 Å². The van der Waals surface area contributed by atoms with Gasteiger partial charge in [-0.3, -0.25) is 4.79 Å². The smallest absolute Gasteiger partial charge is 0.251 e. The van der Waals surface area contributed by atoms with E-state index in [-0.39, 0.29) is 12.0 Å². The molecule has 1 aromatic rings.